The first-order valence-electron chi connectivity index (χ1n) is 8.77. The minimum Gasteiger partial charge on any atom is -0.495 e. The van der Waals surface area contributed by atoms with E-state index in [4.69, 9.17) is 60.3 Å². The number of carbonyl (C=O) groups is 1. The molecule has 2 aromatic rings. The molecule has 0 amide bonds. The Bertz CT molecular complexity index is 1390. The average molecular weight is 498 g/mol. The van der Waals surface area contributed by atoms with Crippen molar-refractivity contribution in [1.29, 1.82) is 0 Å². The zero-order valence-electron chi connectivity index (χ0n) is 16.0. The molecule has 0 radical (unpaired) electrons. The molecule has 0 fully saturated rings. The first kappa shape index (κ1) is 21.8. The monoisotopic (exact) mass is 496 g/mol. The van der Waals surface area contributed by atoms with Gasteiger partial charge in [0.1, 0.15) is 17.1 Å². The predicted molar refractivity (Wildman–Crippen MR) is 122 cm³/mol. The van der Waals surface area contributed by atoms with E-state index in [0.717, 1.165) is 0 Å². The Hall–Kier alpha value is -2.44. The molecule has 31 heavy (non-hydrogen) atoms. The number of fused-ring (bicyclic) bond motifs is 2. The van der Waals surface area contributed by atoms with Crippen molar-refractivity contribution in [2.75, 3.05) is 14.2 Å². The van der Waals surface area contributed by atoms with Crippen LogP contribution in [0, 0.1) is 0 Å². The van der Waals surface area contributed by atoms with Gasteiger partial charge in [-0.05, 0) is 24.3 Å². The lowest BCUT2D eigenvalue weighted by atomic mass is 9.90. The standard InChI is InChI=1S/C22H12Cl4O5/c1-29-18-8-17-10(6-14(18)26)19(9-5-13(25)15(27)7-16(9)31-17)20-11(23)3-4-12(24)21(20)22(28)30-2/h3-8H,1-2H3. The van der Waals surface area contributed by atoms with Crippen LogP contribution in [0.5, 0.6) is 5.75 Å². The van der Waals surface area contributed by atoms with E-state index in [0.29, 0.717) is 38.4 Å². The van der Waals surface area contributed by atoms with Gasteiger partial charge in [-0.2, -0.15) is 0 Å². The van der Waals surface area contributed by atoms with Crippen LogP contribution in [0.4, 0.5) is 0 Å². The highest BCUT2D eigenvalue weighted by atomic mass is 35.5. The predicted octanol–water partition coefficient (Wildman–Crippen LogP) is 6.97. The van der Waals surface area contributed by atoms with Crippen molar-refractivity contribution in [3.63, 3.8) is 0 Å². The smallest absolute Gasteiger partial charge is 0.340 e. The fourth-order valence-electron chi connectivity index (χ4n) is 3.42. The van der Waals surface area contributed by atoms with Gasteiger partial charge in [-0.25, -0.2) is 4.79 Å². The fraction of sp³-hybridized carbons (Fsp3) is 0.0909. The lowest BCUT2D eigenvalue weighted by Crippen LogP contribution is -2.07. The van der Waals surface area contributed by atoms with E-state index in [1.165, 1.54) is 32.4 Å². The molecular weight excluding hydrogens is 486 g/mol. The summed E-state index contributed by atoms with van der Waals surface area (Å²) in [5, 5.41) is 1.14. The summed E-state index contributed by atoms with van der Waals surface area (Å²) in [6, 6.07) is 8.96. The average Bonchev–Trinajstić information content (AvgIpc) is 2.74. The van der Waals surface area contributed by atoms with Gasteiger partial charge in [0, 0.05) is 39.2 Å². The third-order valence-corrected chi connectivity index (χ3v) is 6.01. The molecule has 9 heteroatoms. The van der Waals surface area contributed by atoms with Crippen molar-refractivity contribution in [1.82, 2.24) is 0 Å². The van der Waals surface area contributed by atoms with Crippen molar-refractivity contribution < 1.29 is 18.7 Å². The molecule has 5 nitrogen and oxygen atoms in total. The number of benzene rings is 3. The van der Waals surface area contributed by atoms with E-state index in [9.17, 15) is 9.59 Å². The van der Waals surface area contributed by atoms with Crippen molar-refractivity contribution >= 4 is 63.3 Å². The SMILES string of the molecule is COC(=O)c1c(Cl)ccc(Cl)c1-c1c2cc(Cl)c(=O)cc-2oc2cc(OC)c(Cl)cc12. The molecule has 1 aliphatic carbocycles. The summed E-state index contributed by atoms with van der Waals surface area (Å²) in [4.78, 5) is 24.8. The van der Waals surface area contributed by atoms with E-state index < -0.39 is 11.4 Å². The molecule has 0 unspecified atom stereocenters. The van der Waals surface area contributed by atoms with E-state index in [-0.39, 0.29) is 26.4 Å². The van der Waals surface area contributed by atoms with Crippen molar-refractivity contribution in [3.05, 3.63) is 72.3 Å². The van der Waals surface area contributed by atoms with Crippen LogP contribution in [0.3, 0.4) is 0 Å². The summed E-state index contributed by atoms with van der Waals surface area (Å²) in [5.41, 5.74) is 1.16. The second kappa shape index (κ2) is 8.24. The summed E-state index contributed by atoms with van der Waals surface area (Å²) >= 11 is 25.4. The molecule has 0 saturated heterocycles. The van der Waals surface area contributed by atoms with Crippen molar-refractivity contribution in [3.8, 4) is 28.2 Å². The van der Waals surface area contributed by atoms with Crippen LogP contribution in [-0.4, -0.2) is 20.2 Å². The van der Waals surface area contributed by atoms with E-state index in [1.54, 1.807) is 18.2 Å². The molecule has 0 aromatic heterocycles. The van der Waals surface area contributed by atoms with Gasteiger partial charge in [0.2, 0.25) is 5.43 Å². The number of methoxy groups -OCH3 is 2. The quantitative estimate of drug-likeness (QED) is 0.226. The Morgan fingerprint density at radius 1 is 0.871 bits per heavy atom. The molecule has 158 valence electrons. The Labute approximate surface area is 196 Å². The molecule has 2 aliphatic rings. The summed E-state index contributed by atoms with van der Waals surface area (Å²) < 4.78 is 16.2. The van der Waals surface area contributed by atoms with Crippen molar-refractivity contribution in [2.45, 2.75) is 0 Å². The van der Waals surface area contributed by atoms with Crippen LogP contribution in [0.1, 0.15) is 10.4 Å². The number of halogens is 4. The highest BCUT2D eigenvalue weighted by Crippen LogP contribution is 2.47. The molecule has 0 saturated carbocycles. The van der Waals surface area contributed by atoms with E-state index in [2.05, 4.69) is 0 Å². The highest BCUT2D eigenvalue weighted by molar-refractivity contribution is 6.39. The van der Waals surface area contributed by atoms with Crippen LogP contribution in [0.25, 0.3) is 33.4 Å². The first-order chi connectivity index (χ1) is 14.8. The Morgan fingerprint density at radius 2 is 1.58 bits per heavy atom. The maximum absolute atomic E-state index is 12.6. The summed E-state index contributed by atoms with van der Waals surface area (Å²) in [7, 11) is 2.70. The van der Waals surface area contributed by atoms with Crippen LogP contribution in [0.15, 0.2) is 45.6 Å². The molecule has 0 bridgehead atoms. The van der Waals surface area contributed by atoms with Gasteiger partial charge in [0.15, 0.2) is 0 Å². The molecule has 4 rings (SSSR count). The molecule has 2 aromatic carbocycles. The number of rotatable bonds is 3. The van der Waals surface area contributed by atoms with Crippen LogP contribution in [0.2, 0.25) is 20.1 Å². The number of ether oxygens (including phenoxy) is 2. The Morgan fingerprint density at radius 3 is 2.26 bits per heavy atom. The molecule has 1 heterocycles. The number of esters is 1. The Balaban J connectivity index is 2.29. The van der Waals surface area contributed by atoms with Gasteiger partial charge in [0.25, 0.3) is 0 Å². The topological polar surface area (TPSA) is 65.7 Å². The van der Waals surface area contributed by atoms with Crippen LogP contribution in [-0.2, 0) is 4.74 Å². The third-order valence-electron chi connectivity index (χ3n) is 4.79. The Kier molecular flexibility index (Phi) is 5.79. The minimum atomic E-state index is -0.684. The largest absolute Gasteiger partial charge is 0.495 e. The lowest BCUT2D eigenvalue weighted by Gasteiger charge is -2.19. The minimum absolute atomic E-state index is 0.0272. The van der Waals surface area contributed by atoms with Gasteiger partial charge in [-0.15, -0.1) is 0 Å². The van der Waals surface area contributed by atoms with E-state index in [1.807, 2.05) is 0 Å². The van der Waals surface area contributed by atoms with Gasteiger partial charge < -0.3 is 13.9 Å². The zero-order chi connectivity index (χ0) is 22.4. The highest BCUT2D eigenvalue weighted by Gasteiger charge is 2.27. The van der Waals surface area contributed by atoms with Crippen LogP contribution >= 0.6 is 46.4 Å². The second-order valence-corrected chi connectivity index (χ2v) is 8.14. The molecular formula is C22H12Cl4O5. The third kappa shape index (κ3) is 3.62. The van der Waals surface area contributed by atoms with Gasteiger partial charge in [0.05, 0.1) is 34.9 Å². The maximum atomic E-state index is 12.6. The number of hydrogen-bond acceptors (Lipinski definition) is 5. The molecule has 0 atom stereocenters. The van der Waals surface area contributed by atoms with Crippen LogP contribution < -0.4 is 10.2 Å². The fourth-order valence-corrected chi connectivity index (χ4v) is 4.31. The van der Waals surface area contributed by atoms with E-state index >= 15 is 0 Å². The number of hydrogen-bond donors (Lipinski definition) is 0. The lowest BCUT2D eigenvalue weighted by molar-refractivity contribution is 0.0602. The molecule has 1 aliphatic heterocycles. The zero-order valence-corrected chi connectivity index (χ0v) is 19.0. The maximum Gasteiger partial charge on any atom is 0.340 e. The number of carbonyl (C=O) groups excluding carboxylic acids is 1. The molecule has 0 spiro atoms. The second-order valence-electron chi connectivity index (χ2n) is 6.51. The van der Waals surface area contributed by atoms with Gasteiger partial charge >= 0.3 is 5.97 Å². The van der Waals surface area contributed by atoms with Crippen molar-refractivity contribution in [2.24, 2.45) is 0 Å². The normalized spacial score (nSPS) is 11.2. The summed E-state index contributed by atoms with van der Waals surface area (Å²) in [6.07, 6.45) is 0. The van der Waals surface area contributed by atoms with Gasteiger partial charge in [-0.3, -0.25) is 4.79 Å². The first-order valence-corrected chi connectivity index (χ1v) is 10.3. The summed E-state index contributed by atoms with van der Waals surface area (Å²) in [6.45, 7) is 0. The van der Waals surface area contributed by atoms with Gasteiger partial charge in [-0.1, -0.05) is 46.4 Å². The summed E-state index contributed by atoms with van der Waals surface area (Å²) in [5.74, 6) is -0.0891. The molecule has 0 N–H and O–H groups in total.